The molecule has 1 heteroatoms. The molecular weight excluding hydrogens is 170 g/mol. The number of allylic oxidation sites excluding steroid dienone is 3. The molecule has 0 N–H and O–H groups in total. The van der Waals surface area contributed by atoms with Gasteiger partial charge in [0.05, 0.1) is 0 Å². The van der Waals surface area contributed by atoms with Gasteiger partial charge in [-0.15, -0.1) is 0 Å². The maximum atomic E-state index is 3.83. The molecular formula is C13H25N. The Balaban J connectivity index is 0. The molecule has 14 heavy (non-hydrogen) atoms. The van der Waals surface area contributed by atoms with E-state index in [0.717, 1.165) is 18.5 Å². The first-order valence-electron chi connectivity index (χ1n) is 5.19. The highest BCUT2D eigenvalue weighted by Gasteiger charge is 1.93. The molecule has 0 saturated carbocycles. The van der Waals surface area contributed by atoms with Crippen LogP contribution in [-0.2, 0) is 0 Å². The Morgan fingerprint density at radius 3 is 2.07 bits per heavy atom. The van der Waals surface area contributed by atoms with Crippen molar-refractivity contribution in [3.05, 3.63) is 36.5 Å². The molecule has 1 nitrogen and oxygen atoms in total. The molecule has 0 atom stereocenters. The third kappa shape index (κ3) is 11.2. The summed E-state index contributed by atoms with van der Waals surface area (Å²) in [5.74, 6) is 0. The van der Waals surface area contributed by atoms with Gasteiger partial charge in [-0.2, -0.15) is 0 Å². The highest BCUT2D eigenvalue weighted by atomic mass is 15.0. The van der Waals surface area contributed by atoms with Crippen molar-refractivity contribution in [1.29, 1.82) is 0 Å². The Kier molecular flexibility index (Phi) is 11.5. The smallest absolute Gasteiger partial charge is 0.00157 e. The van der Waals surface area contributed by atoms with Crippen LogP contribution >= 0.6 is 0 Å². The van der Waals surface area contributed by atoms with Crippen molar-refractivity contribution in [2.45, 2.75) is 27.2 Å². The van der Waals surface area contributed by atoms with Crippen molar-refractivity contribution in [3.63, 3.8) is 0 Å². The number of rotatable bonds is 5. The van der Waals surface area contributed by atoms with E-state index in [1.807, 2.05) is 26.8 Å². The van der Waals surface area contributed by atoms with E-state index >= 15 is 0 Å². The van der Waals surface area contributed by atoms with Gasteiger partial charge in [-0.1, -0.05) is 44.7 Å². The van der Waals surface area contributed by atoms with Crippen LogP contribution in [0.25, 0.3) is 0 Å². The Morgan fingerprint density at radius 2 is 1.79 bits per heavy atom. The van der Waals surface area contributed by atoms with Gasteiger partial charge in [0, 0.05) is 6.54 Å². The summed E-state index contributed by atoms with van der Waals surface area (Å²) in [4.78, 5) is 2.16. The predicted octanol–water partition coefficient (Wildman–Crippen LogP) is 3.65. The monoisotopic (exact) mass is 195 g/mol. The van der Waals surface area contributed by atoms with Crippen LogP contribution in [0.2, 0.25) is 0 Å². The van der Waals surface area contributed by atoms with Crippen LogP contribution in [0, 0.1) is 0 Å². The van der Waals surface area contributed by atoms with Crippen LogP contribution in [0.15, 0.2) is 36.5 Å². The van der Waals surface area contributed by atoms with Crippen molar-refractivity contribution in [3.8, 4) is 0 Å². The van der Waals surface area contributed by atoms with E-state index in [9.17, 15) is 0 Å². The van der Waals surface area contributed by atoms with Gasteiger partial charge < -0.3 is 4.90 Å². The van der Waals surface area contributed by atoms with E-state index in [1.54, 1.807) is 0 Å². The summed E-state index contributed by atoms with van der Waals surface area (Å²) < 4.78 is 0. The number of hydrogen-bond donors (Lipinski definition) is 0. The molecule has 0 aliphatic carbocycles. The van der Waals surface area contributed by atoms with Crippen LogP contribution in [0.5, 0.6) is 0 Å². The second-order valence-corrected chi connectivity index (χ2v) is 3.32. The van der Waals surface area contributed by atoms with Gasteiger partial charge in [-0.05, 0) is 33.0 Å². The summed E-state index contributed by atoms with van der Waals surface area (Å²) >= 11 is 0. The minimum Gasteiger partial charge on any atom is -0.309 e. The average molecular weight is 195 g/mol. The molecule has 0 aliphatic heterocycles. The SMILES string of the molecule is C=C/C(=C\C(=C)C)CCN(C)C.CC. The van der Waals surface area contributed by atoms with E-state index < -0.39 is 0 Å². The molecule has 0 aromatic heterocycles. The molecule has 0 aromatic rings. The van der Waals surface area contributed by atoms with Crippen molar-refractivity contribution in [1.82, 2.24) is 4.90 Å². The lowest BCUT2D eigenvalue weighted by Gasteiger charge is -2.09. The zero-order valence-corrected chi connectivity index (χ0v) is 10.4. The van der Waals surface area contributed by atoms with E-state index in [1.165, 1.54) is 5.57 Å². The third-order valence-corrected chi connectivity index (χ3v) is 1.54. The van der Waals surface area contributed by atoms with Crippen LogP contribution in [0.4, 0.5) is 0 Å². The van der Waals surface area contributed by atoms with Crippen LogP contribution in [-0.4, -0.2) is 25.5 Å². The van der Waals surface area contributed by atoms with Gasteiger partial charge >= 0.3 is 0 Å². The molecule has 0 amide bonds. The van der Waals surface area contributed by atoms with Gasteiger partial charge in [0.15, 0.2) is 0 Å². The van der Waals surface area contributed by atoms with Crippen LogP contribution in [0.1, 0.15) is 27.2 Å². The maximum absolute atomic E-state index is 3.83. The minimum atomic E-state index is 1.04. The van der Waals surface area contributed by atoms with Crippen molar-refractivity contribution < 1.29 is 0 Å². The fourth-order valence-electron chi connectivity index (χ4n) is 0.902. The van der Waals surface area contributed by atoms with E-state index in [0.29, 0.717) is 0 Å². The summed E-state index contributed by atoms with van der Waals surface area (Å²) in [6.07, 6.45) is 5.03. The molecule has 0 radical (unpaired) electrons. The average Bonchev–Trinajstić information content (AvgIpc) is 2.14. The highest BCUT2D eigenvalue weighted by Crippen LogP contribution is 2.06. The summed E-state index contributed by atoms with van der Waals surface area (Å²) in [5, 5.41) is 0. The van der Waals surface area contributed by atoms with Crippen molar-refractivity contribution in [2.75, 3.05) is 20.6 Å². The van der Waals surface area contributed by atoms with E-state index in [2.05, 4.69) is 38.2 Å². The maximum Gasteiger partial charge on any atom is 0.00157 e. The molecule has 0 fully saturated rings. The van der Waals surface area contributed by atoms with E-state index in [4.69, 9.17) is 0 Å². The zero-order chi connectivity index (χ0) is 11.6. The highest BCUT2D eigenvalue weighted by molar-refractivity contribution is 5.26. The largest absolute Gasteiger partial charge is 0.309 e. The molecule has 0 unspecified atom stereocenters. The first-order valence-corrected chi connectivity index (χ1v) is 5.19. The minimum absolute atomic E-state index is 1.04. The third-order valence-electron chi connectivity index (χ3n) is 1.54. The second-order valence-electron chi connectivity index (χ2n) is 3.32. The van der Waals surface area contributed by atoms with Gasteiger partial charge in [0.2, 0.25) is 0 Å². The topological polar surface area (TPSA) is 3.24 Å². The van der Waals surface area contributed by atoms with Crippen molar-refractivity contribution >= 4 is 0 Å². The van der Waals surface area contributed by atoms with Crippen LogP contribution in [0.3, 0.4) is 0 Å². The quantitative estimate of drug-likeness (QED) is 0.605. The Hall–Kier alpha value is -0.820. The Bertz CT molecular complexity index is 187. The molecule has 0 saturated heterocycles. The van der Waals surface area contributed by atoms with Gasteiger partial charge in [-0.25, -0.2) is 0 Å². The first kappa shape index (κ1) is 15.6. The van der Waals surface area contributed by atoms with Crippen LogP contribution < -0.4 is 0 Å². The lowest BCUT2D eigenvalue weighted by Crippen LogP contribution is -2.13. The lowest BCUT2D eigenvalue weighted by atomic mass is 10.1. The molecule has 0 bridgehead atoms. The number of nitrogens with zero attached hydrogens (tertiary/aromatic N) is 1. The summed E-state index contributed by atoms with van der Waals surface area (Å²) in [6.45, 7) is 14.7. The zero-order valence-electron chi connectivity index (χ0n) is 10.4. The lowest BCUT2D eigenvalue weighted by molar-refractivity contribution is 0.414. The molecule has 0 aliphatic rings. The normalized spacial score (nSPS) is 10.6. The molecule has 0 heterocycles. The van der Waals surface area contributed by atoms with Gasteiger partial charge in [0.25, 0.3) is 0 Å². The summed E-state index contributed by atoms with van der Waals surface area (Å²) in [7, 11) is 4.14. The fourth-order valence-corrected chi connectivity index (χ4v) is 0.902. The summed E-state index contributed by atoms with van der Waals surface area (Å²) in [6, 6.07) is 0. The molecule has 0 spiro atoms. The number of hydrogen-bond acceptors (Lipinski definition) is 1. The summed E-state index contributed by atoms with van der Waals surface area (Å²) in [5.41, 5.74) is 2.35. The first-order chi connectivity index (χ1) is 6.56. The Labute approximate surface area is 89.8 Å². The molecule has 0 aromatic carbocycles. The van der Waals surface area contributed by atoms with Gasteiger partial charge in [0.1, 0.15) is 0 Å². The van der Waals surface area contributed by atoms with E-state index in [-0.39, 0.29) is 0 Å². The second kappa shape index (κ2) is 10.3. The molecule has 82 valence electrons. The standard InChI is InChI=1S/C11H19N.C2H6/c1-6-11(9-10(2)3)7-8-12(4)5;1-2/h6,9H,1-2,7-8H2,3-5H3;1-2H3/b11-9+;. The fraction of sp³-hybridized carbons (Fsp3) is 0.538. The Morgan fingerprint density at radius 1 is 1.29 bits per heavy atom. The van der Waals surface area contributed by atoms with Crippen molar-refractivity contribution in [2.24, 2.45) is 0 Å². The predicted molar refractivity (Wildman–Crippen MR) is 67.6 cm³/mol. The van der Waals surface area contributed by atoms with Gasteiger partial charge in [-0.3, -0.25) is 0 Å². The molecule has 0 rings (SSSR count).